The lowest BCUT2D eigenvalue weighted by molar-refractivity contribution is 0.305. The van der Waals surface area contributed by atoms with Gasteiger partial charge in [-0.15, -0.1) is 0 Å². The first-order chi connectivity index (χ1) is 9.28. The zero-order valence-corrected chi connectivity index (χ0v) is 11.2. The minimum atomic E-state index is 0.543. The van der Waals surface area contributed by atoms with Crippen molar-refractivity contribution in [2.24, 2.45) is 5.16 Å². The van der Waals surface area contributed by atoms with Crippen molar-refractivity contribution in [2.45, 2.75) is 13.8 Å². The van der Waals surface area contributed by atoms with Crippen LogP contribution in [0, 0.1) is 0 Å². The zero-order valence-electron chi connectivity index (χ0n) is 11.2. The van der Waals surface area contributed by atoms with E-state index < -0.39 is 0 Å². The minimum Gasteiger partial charge on any atom is -0.411 e. The van der Waals surface area contributed by atoms with Crippen LogP contribution in [0.3, 0.4) is 0 Å². The van der Waals surface area contributed by atoms with Crippen molar-refractivity contribution in [2.75, 3.05) is 19.6 Å². The summed E-state index contributed by atoms with van der Waals surface area (Å²) in [7, 11) is 0. The van der Waals surface area contributed by atoms with Gasteiger partial charge in [-0.05, 0) is 25.2 Å². The molecule has 0 aliphatic carbocycles. The number of nitrogens with zero attached hydrogens (tertiary/aromatic N) is 4. The van der Waals surface area contributed by atoms with E-state index in [0.717, 1.165) is 24.1 Å². The van der Waals surface area contributed by atoms with Crippen molar-refractivity contribution in [1.29, 1.82) is 0 Å². The second kappa shape index (κ2) is 6.24. The third-order valence-electron chi connectivity index (χ3n) is 3.13. The topological polar surface area (TPSA) is 61.6 Å². The normalized spacial score (nSPS) is 12.3. The van der Waals surface area contributed by atoms with E-state index in [-0.39, 0.29) is 0 Å². The largest absolute Gasteiger partial charge is 0.411 e. The van der Waals surface area contributed by atoms with Gasteiger partial charge in [-0.25, -0.2) is 4.98 Å². The van der Waals surface area contributed by atoms with E-state index in [1.807, 2.05) is 24.3 Å². The maximum absolute atomic E-state index is 9.18. The van der Waals surface area contributed by atoms with Crippen molar-refractivity contribution in [3.8, 4) is 0 Å². The summed E-state index contributed by atoms with van der Waals surface area (Å²) in [5, 5.41) is 12.6. The maximum atomic E-state index is 9.18. The van der Waals surface area contributed by atoms with Gasteiger partial charge in [0.15, 0.2) is 0 Å². The lowest BCUT2D eigenvalue weighted by Gasteiger charge is -2.18. The summed E-state index contributed by atoms with van der Waals surface area (Å²) in [5.41, 5.74) is 2.81. The molecule has 0 aliphatic rings. The lowest BCUT2D eigenvalue weighted by atomic mass is 10.2. The summed E-state index contributed by atoms with van der Waals surface area (Å²) in [4.78, 5) is 11.0. The number of fused-ring (bicyclic) bond motifs is 1. The number of aromatic nitrogens is 2. The van der Waals surface area contributed by atoms with E-state index in [2.05, 4.69) is 33.9 Å². The van der Waals surface area contributed by atoms with Gasteiger partial charge in [0, 0.05) is 6.54 Å². The number of para-hydroxylation sites is 2. The first kappa shape index (κ1) is 13.4. The number of hydrogen-bond donors (Lipinski definition) is 1. The average Bonchev–Trinajstić information content (AvgIpc) is 2.48. The van der Waals surface area contributed by atoms with E-state index in [0.29, 0.717) is 18.0 Å². The summed E-state index contributed by atoms with van der Waals surface area (Å²) in [6.45, 7) is 6.51. The molecule has 0 fully saturated rings. The SMILES string of the molecule is CCN(CC)C/C(=N/O)c1cnc2ccccc2n1. The highest BCUT2D eigenvalue weighted by Crippen LogP contribution is 2.09. The van der Waals surface area contributed by atoms with E-state index in [1.165, 1.54) is 0 Å². The summed E-state index contributed by atoms with van der Waals surface area (Å²) in [6.07, 6.45) is 1.65. The Balaban J connectivity index is 2.31. The fourth-order valence-electron chi connectivity index (χ4n) is 1.92. The number of benzene rings is 1. The highest BCUT2D eigenvalue weighted by Gasteiger charge is 2.11. The van der Waals surface area contributed by atoms with Gasteiger partial charge in [0.2, 0.25) is 0 Å². The summed E-state index contributed by atoms with van der Waals surface area (Å²) in [5.74, 6) is 0. The molecule has 2 rings (SSSR count). The van der Waals surface area contributed by atoms with Crippen molar-refractivity contribution in [3.63, 3.8) is 0 Å². The first-order valence-electron chi connectivity index (χ1n) is 6.44. The second-order valence-electron chi connectivity index (χ2n) is 4.25. The highest BCUT2D eigenvalue weighted by atomic mass is 16.4. The smallest absolute Gasteiger partial charge is 0.121 e. The molecule has 0 spiro atoms. The van der Waals surface area contributed by atoms with Gasteiger partial charge in [-0.1, -0.05) is 31.1 Å². The van der Waals surface area contributed by atoms with Crippen LogP contribution in [0.2, 0.25) is 0 Å². The van der Waals surface area contributed by atoms with Crippen LogP contribution in [-0.2, 0) is 0 Å². The number of rotatable bonds is 5. The molecule has 100 valence electrons. The Bertz CT molecular complexity index is 578. The monoisotopic (exact) mass is 258 g/mol. The van der Waals surface area contributed by atoms with Gasteiger partial charge in [-0.2, -0.15) is 0 Å². The van der Waals surface area contributed by atoms with Crippen LogP contribution in [0.25, 0.3) is 11.0 Å². The molecule has 0 aliphatic heterocycles. The van der Waals surface area contributed by atoms with Crippen LogP contribution in [0.4, 0.5) is 0 Å². The predicted molar refractivity (Wildman–Crippen MR) is 75.6 cm³/mol. The molecule has 1 aromatic heterocycles. The molecule has 5 nitrogen and oxygen atoms in total. The molecule has 0 radical (unpaired) electrons. The predicted octanol–water partition coefficient (Wildman–Crippen LogP) is 2.15. The molecule has 5 heteroatoms. The lowest BCUT2D eigenvalue weighted by Crippen LogP contribution is -2.30. The van der Waals surface area contributed by atoms with Crippen LogP contribution in [-0.4, -0.2) is 45.4 Å². The highest BCUT2D eigenvalue weighted by molar-refractivity contribution is 6.00. The molecular weight excluding hydrogens is 240 g/mol. The molecule has 0 saturated carbocycles. The van der Waals surface area contributed by atoms with Gasteiger partial charge in [0.1, 0.15) is 11.4 Å². The standard InChI is InChI=1S/C14H18N4O/c1-3-18(4-2)10-14(17-19)13-9-15-11-7-5-6-8-12(11)16-13/h5-9,19H,3-4,10H2,1-2H3/b17-14-. The Hall–Kier alpha value is -2.01. The zero-order chi connectivity index (χ0) is 13.7. The number of oxime groups is 1. The first-order valence-corrected chi connectivity index (χ1v) is 6.44. The van der Waals surface area contributed by atoms with Crippen LogP contribution >= 0.6 is 0 Å². The molecule has 0 saturated heterocycles. The molecule has 0 unspecified atom stereocenters. The van der Waals surface area contributed by atoms with Gasteiger partial charge in [-0.3, -0.25) is 9.88 Å². The third-order valence-corrected chi connectivity index (χ3v) is 3.13. The molecule has 0 amide bonds. The molecule has 1 heterocycles. The third kappa shape index (κ3) is 3.06. The van der Waals surface area contributed by atoms with E-state index in [4.69, 9.17) is 0 Å². The molecule has 2 aromatic rings. The Morgan fingerprint density at radius 2 is 1.89 bits per heavy atom. The Morgan fingerprint density at radius 1 is 1.21 bits per heavy atom. The summed E-state index contributed by atoms with van der Waals surface area (Å²) in [6, 6.07) is 7.65. The van der Waals surface area contributed by atoms with Gasteiger partial charge in [0.25, 0.3) is 0 Å². The van der Waals surface area contributed by atoms with Crippen molar-refractivity contribution >= 4 is 16.7 Å². The molecular formula is C14H18N4O. The van der Waals surface area contributed by atoms with E-state index >= 15 is 0 Å². The van der Waals surface area contributed by atoms with Crippen LogP contribution < -0.4 is 0 Å². The Labute approximate surface area is 112 Å². The van der Waals surface area contributed by atoms with Gasteiger partial charge >= 0.3 is 0 Å². The average molecular weight is 258 g/mol. The van der Waals surface area contributed by atoms with E-state index in [9.17, 15) is 5.21 Å². The van der Waals surface area contributed by atoms with Gasteiger partial charge < -0.3 is 5.21 Å². The van der Waals surface area contributed by atoms with Crippen molar-refractivity contribution < 1.29 is 5.21 Å². The molecule has 1 N–H and O–H groups in total. The Morgan fingerprint density at radius 3 is 2.53 bits per heavy atom. The second-order valence-corrected chi connectivity index (χ2v) is 4.25. The van der Waals surface area contributed by atoms with Crippen molar-refractivity contribution in [3.05, 3.63) is 36.2 Å². The number of likely N-dealkylation sites (N-methyl/N-ethyl adjacent to an activating group) is 1. The molecule has 1 aromatic carbocycles. The summed E-state index contributed by atoms with van der Waals surface area (Å²) < 4.78 is 0. The van der Waals surface area contributed by atoms with Gasteiger partial charge in [0.05, 0.1) is 17.2 Å². The number of hydrogen-bond acceptors (Lipinski definition) is 5. The molecule has 0 bridgehead atoms. The summed E-state index contributed by atoms with van der Waals surface area (Å²) >= 11 is 0. The Kier molecular flexibility index (Phi) is 4.41. The van der Waals surface area contributed by atoms with Crippen LogP contribution in [0.5, 0.6) is 0 Å². The fourth-order valence-corrected chi connectivity index (χ4v) is 1.92. The van der Waals surface area contributed by atoms with E-state index in [1.54, 1.807) is 6.20 Å². The minimum absolute atomic E-state index is 0.543. The van der Waals surface area contributed by atoms with Crippen molar-refractivity contribution in [1.82, 2.24) is 14.9 Å². The fraction of sp³-hybridized carbons (Fsp3) is 0.357. The quantitative estimate of drug-likeness (QED) is 0.507. The molecule has 19 heavy (non-hydrogen) atoms. The van der Waals surface area contributed by atoms with Crippen LogP contribution in [0.15, 0.2) is 35.6 Å². The maximum Gasteiger partial charge on any atom is 0.121 e. The van der Waals surface area contributed by atoms with Crippen LogP contribution in [0.1, 0.15) is 19.5 Å². The molecule has 0 atom stereocenters.